The van der Waals surface area contributed by atoms with Crippen LogP contribution in [0.1, 0.15) is 30.6 Å². The van der Waals surface area contributed by atoms with Crippen molar-refractivity contribution in [3.05, 3.63) is 54.1 Å². The van der Waals surface area contributed by atoms with Crippen LogP contribution >= 0.6 is 0 Å². The Morgan fingerprint density at radius 2 is 1.73 bits per heavy atom. The summed E-state index contributed by atoms with van der Waals surface area (Å²) in [6, 6.07) is 12.7. The van der Waals surface area contributed by atoms with E-state index in [1.165, 1.54) is 16.4 Å². The second-order valence-corrected chi connectivity index (χ2v) is 9.72. The minimum Gasteiger partial charge on any atom is -0.483 e. The normalized spacial score (nSPS) is 19.8. The van der Waals surface area contributed by atoms with Crippen LogP contribution in [0.25, 0.3) is 0 Å². The summed E-state index contributed by atoms with van der Waals surface area (Å²) in [5.74, 6) is 0.567. The van der Waals surface area contributed by atoms with Crippen molar-refractivity contribution in [2.75, 3.05) is 25.0 Å². The fourth-order valence-corrected chi connectivity index (χ4v) is 5.39. The lowest BCUT2D eigenvalue weighted by molar-refractivity contribution is -0.118. The molecular formula is C22H26N2O5S. The van der Waals surface area contributed by atoms with Crippen LogP contribution in [0, 0.1) is 11.8 Å². The first-order valence-electron chi connectivity index (χ1n) is 9.86. The van der Waals surface area contributed by atoms with Crippen LogP contribution in [0.4, 0.5) is 5.69 Å². The average Bonchev–Trinajstić information content (AvgIpc) is 2.72. The van der Waals surface area contributed by atoms with Crippen molar-refractivity contribution in [1.29, 1.82) is 0 Å². The molecule has 1 fully saturated rings. The second-order valence-electron chi connectivity index (χ2n) is 7.78. The van der Waals surface area contributed by atoms with Crippen LogP contribution < -0.4 is 10.1 Å². The fourth-order valence-electron chi connectivity index (χ4n) is 3.71. The summed E-state index contributed by atoms with van der Waals surface area (Å²) in [6.07, 6.45) is 1.69. The number of nitrogens with one attached hydrogen (secondary N) is 1. The minimum atomic E-state index is -3.56. The molecule has 2 aromatic rings. The van der Waals surface area contributed by atoms with Crippen LogP contribution in [0.3, 0.4) is 0 Å². The smallest absolute Gasteiger partial charge is 0.262 e. The van der Waals surface area contributed by atoms with E-state index in [1.54, 1.807) is 36.4 Å². The number of hydrogen-bond donors (Lipinski definition) is 1. The summed E-state index contributed by atoms with van der Waals surface area (Å²) in [5, 5.41) is 2.66. The number of sulfonamides is 1. The van der Waals surface area contributed by atoms with Gasteiger partial charge in [0.1, 0.15) is 5.75 Å². The third kappa shape index (κ3) is 5.25. The SMILES string of the molecule is CC1CC(C)CN(S(=O)(=O)c2ccc(NC(=O)COc3ccccc3C=O)cc2)C1. The van der Waals surface area contributed by atoms with E-state index in [9.17, 15) is 18.0 Å². The van der Waals surface area contributed by atoms with Crippen LogP contribution in [-0.4, -0.2) is 44.6 Å². The van der Waals surface area contributed by atoms with E-state index in [1.807, 2.05) is 0 Å². The Bertz CT molecular complexity index is 994. The number of piperidine rings is 1. The maximum Gasteiger partial charge on any atom is 0.262 e. The predicted molar refractivity (Wildman–Crippen MR) is 114 cm³/mol. The molecule has 1 saturated heterocycles. The van der Waals surface area contributed by atoms with E-state index < -0.39 is 15.9 Å². The predicted octanol–water partition coefficient (Wildman–Crippen LogP) is 3.18. The molecule has 30 heavy (non-hydrogen) atoms. The zero-order valence-corrected chi connectivity index (χ0v) is 17.9. The molecule has 8 heteroatoms. The van der Waals surface area contributed by atoms with Crippen molar-refractivity contribution in [2.45, 2.75) is 25.2 Å². The molecule has 1 heterocycles. The Hall–Kier alpha value is -2.71. The van der Waals surface area contributed by atoms with E-state index in [0.29, 0.717) is 48.2 Å². The topological polar surface area (TPSA) is 92.8 Å². The number of carbonyl (C=O) groups excluding carboxylic acids is 2. The number of ether oxygens (including phenoxy) is 1. The summed E-state index contributed by atoms with van der Waals surface area (Å²) in [6.45, 7) is 4.89. The van der Waals surface area contributed by atoms with Gasteiger partial charge in [-0.15, -0.1) is 0 Å². The zero-order valence-electron chi connectivity index (χ0n) is 17.1. The minimum absolute atomic E-state index is 0.206. The Balaban J connectivity index is 1.61. The molecule has 160 valence electrons. The lowest BCUT2D eigenvalue weighted by Crippen LogP contribution is -2.42. The standard InChI is InChI=1S/C22H26N2O5S/c1-16-11-17(2)13-24(12-16)30(27,28)20-9-7-19(8-10-20)23-22(26)15-29-21-6-4-3-5-18(21)14-25/h3-10,14,16-17H,11-13,15H2,1-2H3,(H,23,26). The summed E-state index contributed by atoms with van der Waals surface area (Å²) >= 11 is 0. The first kappa shape index (κ1) is 22.0. The fraction of sp³-hybridized carbons (Fsp3) is 0.364. The summed E-state index contributed by atoms with van der Waals surface area (Å²) in [4.78, 5) is 23.3. The van der Waals surface area contributed by atoms with Gasteiger partial charge in [0.05, 0.1) is 10.5 Å². The van der Waals surface area contributed by atoms with E-state index >= 15 is 0 Å². The lowest BCUT2D eigenvalue weighted by Gasteiger charge is -2.34. The average molecular weight is 431 g/mol. The van der Waals surface area contributed by atoms with Crippen molar-refractivity contribution in [2.24, 2.45) is 11.8 Å². The molecule has 0 aromatic heterocycles. The van der Waals surface area contributed by atoms with Gasteiger partial charge in [-0.1, -0.05) is 26.0 Å². The third-order valence-corrected chi connectivity index (χ3v) is 6.86. The number of para-hydroxylation sites is 1. The zero-order chi connectivity index (χ0) is 21.7. The van der Waals surface area contributed by atoms with Gasteiger partial charge >= 0.3 is 0 Å². The largest absolute Gasteiger partial charge is 0.483 e. The van der Waals surface area contributed by atoms with Crippen LogP contribution in [0.15, 0.2) is 53.4 Å². The molecule has 2 atom stereocenters. The maximum atomic E-state index is 12.9. The summed E-state index contributed by atoms with van der Waals surface area (Å²) in [7, 11) is -3.56. The molecular weight excluding hydrogens is 404 g/mol. The van der Waals surface area contributed by atoms with Crippen molar-refractivity contribution in [3.63, 3.8) is 0 Å². The van der Waals surface area contributed by atoms with Gasteiger partial charge < -0.3 is 10.1 Å². The van der Waals surface area contributed by atoms with Crippen LogP contribution in [0.5, 0.6) is 5.75 Å². The monoisotopic (exact) mass is 430 g/mol. The number of nitrogens with zero attached hydrogens (tertiary/aromatic N) is 1. The highest BCUT2D eigenvalue weighted by Crippen LogP contribution is 2.27. The molecule has 1 aliphatic heterocycles. The molecule has 3 rings (SSSR count). The Labute approximate surface area is 177 Å². The van der Waals surface area contributed by atoms with Gasteiger partial charge in [-0.25, -0.2) is 8.42 Å². The Kier molecular flexibility index (Phi) is 6.89. The number of amides is 1. The van der Waals surface area contributed by atoms with Gasteiger partial charge in [-0.2, -0.15) is 4.31 Å². The van der Waals surface area contributed by atoms with E-state index in [4.69, 9.17) is 4.74 Å². The third-order valence-electron chi connectivity index (χ3n) is 5.02. The molecule has 0 saturated carbocycles. The molecule has 0 spiro atoms. The van der Waals surface area contributed by atoms with Gasteiger partial charge in [0, 0.05) is 18.8 Å². The molecule has 2 unspecified atom stereocenters. The number of benzene rings is 2. The van der Waals surface area contributed by atoms with Gasteiger partial charge in [-0.05, 0) is 54.7 Å². The van der Waals surface area contributed by atoms with Crippen molar-refractivity contribution in [1.82, 2.24) is 4.31 Å². The number of carbonyl (C=O) groups is 2. The van der Waals surface area contributed by atoms with Gasteiger partial charge in [0.2, 0.25) is 10.0 Å². The number of anilines is 1. The van der Waals surface area contributed by atoms with Crippen LogP contribution in [0.2, 0.25) is 0 Å². The molecule has 1 N–H and O–H groups in total. The second kappa shape index (κ2) is 9.40. The van der Waals surface area contributed by atoms with Gasteiger partial charge in [0.25, 0.3) is 5.91 Å². The molecule has 1 amide bonds. The maximum absolute atomic E-state index is 12.9. The Morgan fingerprint density at radius 1 is 1.10 bits per heavy atom. The summed E-state index contributed by atoms with van der Waals surface area (Å²) < 4.78 is 32.8. The van der Waals surface area contributed by atoms with Gasteiger partial charge in [-0.3, -0.25) is 9.59 Å². The first-order chi connectivity index (χ1) is 14.3. The van der Waals surface area contributed by atoms with Crippen LogP contribution in [-0.2, 0) is 14.8 Å². The molecule has 2 aromatic carbocycles. The Morgan fingerprint density at radius 3 is 2.37 bits per heavy atom. The van der Waals surface area contributed by atoms with Gasteiger partial charge in [0.15, 0.2) is 12.9 Å². The quantitative estimate of drug-likeness (QED) is 0.681. The number of hydrogen-bond acceptors (Lipinski definition) is 5. The van der Waals surface area contributed by atoms with E-state index in [0.717, 1.165) is 6.42 Å². The molecule has 0 bridgehead atoms. The highest BCUT2D eigenvalue weighted by atomic mass is 32.2. The van der Waals surface area contributed by atoms with Crippen molar-refractivity contribution >= 4 is 27.9 Å². The van der Waals surface area contributed by atoms with E-state index in [-0.39, 0.29) is 11.5 Å². The first-order valence-corrected chi connectivity index (χ1v) is 11.3. The summed E-state index contributed by atoms with van der Waals surface area (Å²) in [5.41, 5.74) is 0.827. The highest BCUT2D eigenvalue weighted by Gasteiger charge is 2.31. The van der Waals surface area contributed by atoms with Crippen molar-refractivity contribution < 1.29 is 22.7 Å². The van der Waals surface area contributed by atoms with Crippen molar-refractivity contribution in [3.8, 4) is 5.75 Å². The highest BCUT2D eigenvalue weighted by molar-refractivity contribution is 7.89. The number of rotatable bonds is 7. The molecule has 1 aliphatic rings. The molecule has 0 radical (unpaired) electrons. The van der Waals surface area contributed by atoms with E-state index in [2.05, 4.69) is 19.2 Å². The number of aldehydes is 1. The lowest BCUT2D eigenvalue weighted by atomic mass is 9.94. The molecule has 0 aliphatic carbocycles. The molecule has 7 nitrogen and oxygen atoms in total.